The molecule has 1 rings (SSSR count). The van der Waals surface area contributed by atoms with Crippen molar-refractivity contribution in [2.45, 2.75) is 27.2 Å². The van der Waals surface area contributed by atoms with Crippen molar-refractivity contribution in [3.05, 3.63) is 11.1 Å². The minimum absolute atomic E-state index is 0.0559. The van der Waals surface area contributed by atoms with Gasteiger partial charge in [-0.2, -0.15) is 0 Å². The lowest BCUT2D eigenvalue weighted by Gasteiger charge is -2.07. The number of hydrogen-bond acceptors (Lipinski definition) is 5. The Morgan fingerprint density at radius 2 is 2.00 bits per heavy atom. The fourth-order valence-electron chi connectivity index (χ4n) is 1.28. The molecule has 0 aliphatic carbocycles. The number of hydrogen-bond donors (Lipinski definition) is 3. The Bertz CT molecular complexity index is 527. The van der Waals surface area contributed by atoms with E-state index >= 15 is 0 Å². The minimum atomic E-state index is -0.956. The molecule has 21 heavy (non-hydrogen) atoms. The first-order valence-corrected chi connectivity index (χ1v) is 7.42. The number of carboxylic acids is 1. The number of nitrogens with one attached hydrogen (secondary N) is 2. The third-order valence-corrected chi connectivity index (χ3v) is 3.48. The molecule has 2 amide bonds. The van der Waals surface area contributed by atoms with E-state index in [0.29, 0.717) is 10.8 Å². The van der Waals surface area contributed by atoms with E-state index in [1.807, 2.05) is 0 Å². The summed E-state index contributed by atoms with van der Waals surface area (Å²) < 4.78 is 0. The van der Waals surface area contributed by atoms with Gasteiger partial charge < -0.3 is 15.7 Å². The largest absolute Gasteiger partial charge is 0.481 e. The van der Waals surface area contributed by atoms with Crippen molar-refractivity contribution in [2.24, 2.45) is 11.8 Å². The number of carboxylic acid groups (broad SMARTS) is 1. The molecule has 7 nitrogen and oxygen atoms in total. The Hall–Kier alpha value is -1.96. The molecule has 0 radical (unpaired) electrons. The number of aromatic nitrogens is 1. The third-order valence-electron chi connectivity index (χ3n) is 2.67. The molecule has 0 aliphatic heterocycles. The van der Waals surface area contributed by atoms with Crippen LogP contribution in [0.3, 0.4) is 0 Å². The summed E-state index contributed by atoms with van der Waals surface area (Å²) in [7, 11) is 0. The summed E-state index contributed by atoms with van der Waals surface area (Å²) in [6.07, 6.45) is 0.0559. The SMILES string of the molecule is CC(C)C(=O)Nc1nc(CC(=O)NCC(C)C(=O)O)cs1. The van der Waals surface area contributed by atoms with Crippen molar-refractivity contribution in [1.29, 1.82) is 0 Å². The fraction of sp³-hybridized carbons (Fsp3) is 0.538. The van der Waals surface area contributed by atoms with Gasteiger partial charge in [-0.25, -0.2) is 4.98 Å². The van der Waals surface area contributed by atoms with Gasteiger partial charge in [-0.3, -0.25) is 14.4 Å². The van der Waals surface area contributed by atoms with Crippen molar-refractivity contribution >= 4 is 34.3 Å². The van der Waals surface area contributed by atoms with Crippen LogP contribution in [-0.4, -0.2) is 34.4 Å². The van der Waals surface area contributed by atoms with Gasteiger partial charge in [0.25, 0.3) is 0 Å². The van der Waals surface area contributed by atoms with E-state index in [-0.39, 0.29) is 30.7 Å². The molecule has 0 fully saturated rings. The van der Waals surface area contributed by atoms with E-state index in [1.165, 1.54) is 18.3 Å². The second-order valence-corrected chi connectivity index (χ2v) is 5.87. The smallest absolute Gasteiger partial charge is 0.308 e. The molecule has 0 aromatic carbocycles. The maximum Gasteiger partial charge on any atom is 0.308 e. The first kappa shape index (κ1) is 17.1. The summed E-state index contributed by atoms with van der Waals surface area (Å²) in [5.74, 6) is -2.16. The average Bonchev–Trinajstić information content (AvgIpc) is 2.82. The molecule has 1 heterocycles. The van der Waals surface area contributed by atoms with Crippen LogP contribution < -0.4 is 10.6 Å². The van der Waals surface area contributed by atoms with Gasteiger partial charge in [0.05, 0.1) is 18.0 Å². The molecule has 0 bridgehead atoms. The summed E-state index contributed by atoms with van der Waals surface area (Å²) in [6, 6.07) is 0. The van der Waals surface area contributed by atoms with E-state index in [9.17, 15) is 14.4 Å². The van der Waals surface area contributed by atoms with Crippen molar-refractivity contribution < 1.29 is 19.5 Å². The lowest BCUT2D eigenvalue weighted by Crippen LogP contribution is -2.32. The number of carbonyl (C=O) groups excluding carboxylic acids is 2. The highest BCUT2D eigenvalue weighted by molar-refractivity contribution is 7.13. The highest BCUT2D eigenvalue weighted by Crippen LogP contribution is 2.16. The lowest BCUT2D eigenvalue weighted by molar-refractivity contribution is -0.141. The molecule has 1 aromatic heterocycles. The first-order valence-electron chi connectivity index (χ1n) is 6.54. The van der Waals surface area contributed by atoms with Crippen LogP contribution in [0.1, 0.15) is 26.5 Å². The van der Waals surface area contributed by atoms with Gasteiger partial charge in [0.15, 0.2) is 5.13 Å². The van der Waals surface area contributed by atoms with E-state index in [4.69, 9.17) is 5.11 Å². The zero-order chi connectivity index (χ0) is 16.0. The van der Waals surface area contributed by atoms with Gasteiger partial charge in [0, 0.05) is 17.8 Å². The standard InChI is InChI=1S/C13H19N3O4S/c1-7(2)11(18)16-13-15-9(6-21-13)4-10(17)14-5-8(3)12(19)20/h6-8H,4-5H2,1-3H3,(H,14,17)(H,19,20)(H,15,16,18). The number of nitrogens with zero attached hydrogens (tertiary/aromatic N) is 1. The molecule has 1 aromatic rings. The summed E-state index contributed by atoms with van der Waals surface area (Å²) in [5, 5.41) is 16.1. The van der Waals surface area contributed by atoms with Crippen molar-refractivity contribution in [3.63, 3.8) is 0 Å². The topological polar surface area (TPSA) is 108 Å². The van der Waals surface area contributed by atoms with Crippen molar-refractivity contribution in [3.8, 4) is 0 Å². The normalized spacial score (nSPS) is 12.0. The van der Waals surface area contributed by atoms with Crippen molar-refractivity contribution in [2.75, 3.05) is 11.9 Å². The number of aliphatic carboxylic acids is 1. The predicted octanol–water partition coefficient (Wildman–Crippen LogP) is 1.12. The number of thiazole rings is 1. The van der Waals surface area contributed by atoms with Crippen LogP contribution in [0, 0.1) is 11.8 Å². The Kier molecular flexibility index (Phi) is 6.29. The summed E-state index contributed by atoms with van der Waals surface area (Å²) in [4.78, 5) is 37.9. The van der Waals surface area contributed by atoms with Crippen LogP contribution in [-0.2, 0) is 20.8 Å². The highest BCUT2D eigenvalue weighted by Gasteiger charge is 2.14. The molecule has 1 atom stereocenters. The van der Waals surface area contributed by atoms with E-state index in [0.717, 1.165) is 0 Å². The van der Waals surface area contributed by atoms with Gasteiger partial charge in [0.2, 0.25) is 11.8 Å². The Morgan fingerprint density at radius 1 is 1.33 bits per heavy atom. The van der Waals surface area contributed by atoms with Gasteiger partial charge in [-0.15, -0.1) is 11.3 Å². The third kappa shape index (κ3) is 5.90. The zero-order valence-corrected chi connectivity index (χ0v) is 13.0. The Balaban J connectivity index is 2.45. The van der Waals surface area contributed by atoms with Crippen LogP contribution in [0.4, 0.5) is 5.13 Å². The number of amides is 2. The fourth-order valence-corrected chi connectivity index (χ4v) is 1.99. The van der Waals surface area contributed by atoms with Crippen LogP contribution in [0.15, 0.2) is 5.38 Å². The van der Waals surface area contributed by atoms with Crippen LogP contribution >= 0.6 is 11.3 Å². The summed E-state index contributed by atoms with van der Waals surface area (Å²) in [5.41, 5.74) is 0.541. The summed E-state index contributed by atoms with van der Waals surface area (Å²) >= 11 is 1.25. The number of rotatable bonds is 7. The van der Waals surface area contributed by atoms with Gasteiger partial charge >= 0.3 is 5.97 Å². The maximum absolute atomic E-state index is 11.7. The zero-order valence-electron chi connectivity index (χ0n) is 12.2. The molecule has 8 heteroatoms. The first-order chi connectivity index (χ1) is 9.79. The molecular formula is C13H19N3O4S. The molecule has 0 saturated heterocycles. The lowest BCUT2D eigenvalue weighted by atomic mass is 10.2. The molecule has 0 saturated carbocycles. The average molecular weight is 313 g/mol. The van der Waals surface area contributed by atoms with Crippen molar-refractivity contribution in [1.82, 2.24) is 10.3 Å². The molecule has 0 spiro atoms. The second kappa shape index (κ2) is 7.72. The highest BCUT2D eigenvalue weighted by atomic mass is 32.1. The quantitative estimate of drug-likeness (QED) is 0.699. The van der Waals surface area contributed by atoms with Crippen LogP contribution in [0.25, 0.3) is 0 Å². The summed E-state index contributed by atoms with van der Waals surface area (Å²) in [6.45, 7) is 5.15. The number of carbonyl (C=O) groups is 3. The molecular weight excluding hydrogens is 294 g/mol. The molecule has 3 N–H and O–H groups in total. The van der Waals surface area contributed by atoms with Gasteiger partial charge in [0.1, 0.15) is 0 Å². The molecule has 116 valence electrons. The van der Waals surface area contributed by atoms with E-state index in [2.05, 4.69) is 15.6 Å². The van der Waals surface area contributed by atoms with E-state index in [1.54, 1.807) is 19.2 Å². The van der Waals surface area contributed by atoms with Crippen LogP contribution in [0.2, 0.25) is 0 Å². The maximum atomic E-state index is 11.7. The predicted molar refractivity (Wildman–Crippen MR) is 79.1 cm³/mol. The Morgan fingerprint density at radius 3 is 2.57 bits per heavy atom. The van der Waals surface area contributed by atoms with Gasteiger partial charge in [-0.05, 0) is 0 Å². The minimum Gasteiger partial charge on any atom is -0.481 e. The van der Waals surface area contributed by atoms with Crippen LogP contribution in [0.5, 0.6) is 0 Å². The molecule has 0 aliphatic rings. The monoisotopic (exact) mass is 313 g/mol. The number of anilines is 1. The molecule has 1 unspecified atom stereocenters. The second-order valence-electron chi connectivity index (χ2n) is 5.01. The van der Waals surface area contributed by atoms with E-state index < -0.39 is 11.9 Å². The van der Waals surface area contributed by atoms with Gasteiger partial charge in [-0.1, -0.05) is 20.8 Å². The Labute approximate surface area is 126 Å².